The summed E-state index contributed by atoms with van der Waals surface area (Å²) in [7, 11) is 0. The number of benzene rings is 1. The molecule has 0 spiro atoms. The summed E-state index contributed by atoms with van der Waals surface area (Å²) >= 11 is 0. The van der Waals surface area contributed by atoms with Crippen molar-refractivity contribution >= 4 is 0 Å². The zero-order chi connectivity index (χ0) is 13.1. The highest BCUT2D eigenvalue weighted by Crippen LogP contribution is 2.32. The smallest absolute Gasteiger partial charge is 0.105 e. The van der Waals surface area contributed by atoms with Gasteiger partial charge in [0.15, 0.2) is 0 Å². The third-order valence-corrected chi connectivity index (χ3v) is 4.09. The fourth-order valence-electron chi connectivity index (χ4n) is 2.81. The Balaban J connectivity index is 2.22. The SMILES string of the molecule is CCc1ccc(C(O)C2OCCC2C)cc1CC. The van der Waals surface area contributed by atoms with Crippen molar-refractivity contribution in [3.05, 3.63) is 34.9 Å². The van der Waals surface area contributed by atoms with Gasteiger partial charge in [0.05, 0.1) is 6.10 Å². The van der Waals surface area contributed by atoms with Crippen molar-refractivity contribution in [2.24, 2.45) is 5.92 Å². The highest BCUT2D eigenvalue weighted by Gasteiger charge is 2.31. The molecule has 0 aromatic heterocycles. The van der Waals surface area contributed by atoms with Crippen LogP contribution >= 0.6 is 0 Å². The van der Waals surface area contributed by atoms with E-state index in [1.165, 1.54) is 11.1 Å². The largest absolute Gasteiger partial charge is 0.386 e. The third-order valence-electron chi connectivity index (χ3n) is 4.09. The predicted octanol–water partition coefficient (Wildman–Crippen LogP) is 3.27. The molecule has 0 amide bonds. The molecule has 0 bridgehead atoms. The second kappa shape index (κ2) is 5.85. The van der Waals surface area contributed by atoms with Gasteiger partial charge in [-0.15, -0.1) is 0 Å². The Labute approximate surface area is 110 Å². The monoisotopic (exact) mass is 248 g/mol. The fraction of sp³-hybridized carbons (Fsp3) is 0.625. The minimum absolute atomic E-state index is 0.0396. The molecule has 0 saturated carbocycles. The maximum absolute atomic E-state index is 10.4. The minimum atomic E-state index is -0.487. The Morgan fingerprint density at radius 1 is 1.28 bits per heavy atom. The molecule has 1 aromatic rings. The zero-order valence-electron chi connectivity index (χ0n) is 11.6. The first-order chi connectivity index (χ1) is 8.67. The van der Waals surface area contributed by atoms with Crippen molar-refractivity contribution < 1.29 is 9.84 Å². The molecular weight excluding hydrogens is 224 g/mol. The molecule has 0 aliphatic carbocycles. The van der Waals surface area contributed by atoms with Crippen LogP contribution in [0, 0.1) is 5.92 Å². The van der Waals surface area contributed by atoms with Crippen LogP contribution in [0.5, 0.6) is 0 Å². The third kappa shape index (κ3) is 2.60. The van der Waals surface area contributed by atoms with Gasteiger partial charge < -0.3 is 9.84 Å². The Kier molecular flexibility index (Phi) is 4.41. The van der Waals surface area contributed by atoms with E-state index in [2.05, 4.69) is 39.0 Å². The van der Waals surface area contributed by atoms with Crippen LogP contribution in [-0.4, -0.2) is 17.8 Å². The molecule has 100 valence electrons. The summed E-state index contributed by atoms with van der Waals surface area (Å²) in [5.41, 5.74) is 3.73. The topological polar surface area (TPSA) is 29.5 Å². The van der Waals surface area contributed by atoms with Crippen molar-refractivity contribution in [3.8, 4) is 0 Å². The van der Waals surface area contributed by atoms with Gasteiger partial charge in [0.25, 0.3) is 0 Å². The zero-order valence-corrected chi connectivity index (χ0v) is 11.6. The lowest BCUT2D eigenvalue weighted by molar-refractivity contribution is -0.0178. The summed E-state index contributed by atoms with van der Waals surface area (Å²) < 4.78 is 5.66. The predicted molar refractivity (Wildman–Crippen MR) is 73.7 cm³/mol. The molecule has 1 fully saturated rings. The van der Waals surface area contributed by atoms with Crippen LogP contribution in [0.1, 0.15) is 50.0 Å². The standard InChI is InChI=1S/C16H24O2/c1-4-12-6-7-14(10-13(12)5-2)15(17)16-11(3)8-9-18-16/h6-7,10-11,15-17H,4-5,8-9H2,1-3H3. The molecule has 3 unspecified atom stereocenters. The Morgan fingerprint density at radius 2 is 2.00 bits per heavy atom. The number of rotatable bonds is 4. The van der Waals surface area contributed by atoms with Gasteiger partial charge in [-0.25, -0.2) is 0 Å². The van der Waals surface area contributed by atoms with Gasteiger partial charge in [0.2, 0.25) is 0 Å². The number of hydrogen-bond donors (Lipinski definition) is 1. The van der Waals surface area contributed by atoms with E-state index in [0.29, 0.717) is 5.92 Å². The lowest BCUT2D eigenvalue weighted by Gasteiger charge is -2.22. The van der Waals surface area contributed by atoms with Gasteiger partial charge in [-0.3, -0.25) is 0 Å². The molecule has 1 aromatic carbocycles. The van der Waals surface area contributed by atoms with Crippen molar-refractivity contribution in [3.63, 3.8) is 0 Å². The average Bonchev–Trinajstić information content (AvgIpc) is 2.83. The van der Waals surface area contributed by atoms with Gasteiger partial charge in [0, 0.05) is 6.61 Å². The number of hydrogen-bond acceptors (Lipinski definition) is 2. The Hall–Kier alpha value is -0.860. The maximum Gasteiger partial charge on any atom is 0.105 e. The van der Waals surface area contributed by atoms with Crippen LogP contribution in [-0.2, 0) is 17.6 Å². The second-order valence-corrected chi connectivity index (χ2v) is 5.28. The number of aliphatic hydroxyl groups excluding tert-OH is 1. The molecule has 3 atom stereocenters. The molecule has 1 aliphatic heterocycles. The highest BCUT2D eigenvalue weighted by molar-refractivity contribution is 5.33. The highest BCUT2D eigenvalue weighted by atomic mass is 16.5. The average molecular weight is 248 g/mol. The van der Waals surface area contributed by atoms with E-state index in [4.69, 9.17) is 4.74 Å². The van der Waals surface area contributed by atoms with Crippen LogP contribution in [0.2, 0.25) is 0 Å². The fourth-order valence-corrected chi connectivity index (χ4v) is 2.81. The first-order valence-electron chi connectivity index (χ1n) is 7.08. The normalized spacial score (nSPS) is 25.3. The molecule has 2 rings (SSSR count). The Morgan fingerprint density at radius 3 is 2.56 bits per heavy atom. The quantitative estimate of drug-likeness (QED) is 0.886. The van der Waals surface area contributed by atoms with E-state index in [1.54, 1.807) is 0 Å². The van der Waals surface area contributed by atoms with Crippen molar-refractivity contribution in [1.29, 1.82) is 0 Å². The summed E-state index contributed by atoms with van der Waals surface area (Å²) in [5, 5.41) is 10.4. The van der Waals surface area contributed by atoms with E-state index in [-0.39, 0.29) is 6.10 Å². The van der Waals surface area contributed by atoms with Crippen LogP contribution in [0.3, 0.4) is 0 Å². The summed E-state index contributed by atoms with van der Waals surface area (Å²) in [4.78, 5) is 0. The van der Waals surface area contributed by atoms with Gasteiger partial charge in [-0.1, -0.05) is 39.0 Å². The van der Waals surface area contributed by atoms with E-state index in [1.807, 2.05) is 0 Å². The first kappa shape index (κ1) is 13.6. The van der Waals surface area contributed by atoms with E-state index >= 15 is 0 Å². The van der Waals surface area contributed by atoms with Gasteiger partial charge in [-0.2, -0.15) is 0 Å². The molecule has 1 saturated heterocycles. The van der Waals surface area contributed by atoms with Gasteiger partial charge >= 0.3 is 0 Å². The maximum atomic E-state index is 10.4. The number of aryl methyl sites for hydroxylation is 2. The van der Waals surface area contributed by atoms with Crippen LogP contribution < -0.4 is 0 Å². The van der Waals surface area contributed by atoms with E-state index in [0.717, 1.165) is 31.4 Å². The summed E-state index contributed by atoms with van der Waals surface area (Å²) in [6.07, 6.45) is 2.59. The number of ether oxygens (including phenoxy) is 1. The summed E-state index contributed by atoms with van der Waals surface area (Å²) in [5.74, 6) is 0.441. The summed E-state index contributed by atoms with van der Waals surface area (Å²) in [6.45, 7) is 7.27. The number of aliphatic hydroxyl groups is 1. The van der Waals surface area contributed by atoms with Gasteiger partial charge in [0.1, 0.15) is 6.10 Å². The lowest BCUT2D eigenvalue weighted by Crippen LogP contribution is -2.23. The molecule has 0 radical (unpaired) electrons. The summed E-state index contributed by atoms with van der Waals surface area (Å²) in [6, 6.07) is 6.35. The van der Waals surface area contributed by atoms with Crippen molar-refractivity contribution in [2.75, 3.05) is 6.61 Å². The lowest BCUT2D eigenvalue weighted by atomic mass is 9.91. The minimum Gasteiger partial charge on any atom is -0.386 e. The van der Waals surface area contributed by atoms with E-state index < -0.39 is 6.10 Å². The second-order valence-electron chi connectivity index (χ2n) is 5.28. The molecule has 2 heteroatoms. The van der Waals surface area contributed by atoms with Crippen LogP contribution in [0.4, 0.5) is 0 Å². The molecule has 2 nitrogen and oxygen atoms in total. The van der Waals surface area contributed by atoms with Crippen molar-refractivity contribution in [2.45, 2.75) is 52.2 Å². The van der Waals surface area contributed by atoms with Gasteiger partial charge in [-0.05, 0) is 41.9 Å². The van der Waals surface area contributed by atoms with Crippen molar-refractivity contribution in [1.82, 2.24) is 0 Å². The molecule has 1 N–H and O–H groups in total. The Bertz CT molecular complexity index is 400. The molecule has 1 aliphatic rings. The first-order valence-corrected chi connectivity index (χ1v) is 7.08. The molecule has 1 heterocycles. The van der Waals surface area contributed by atoms with E-state index in [9.17, 15) is 5.11 Å². The molecule has 18 heavy (non-hydrogen) atoms. The van der Waals surface area contributed by atoms with Crippen LogP contribution in [0.15, 0.2) is 18.2 Å². The molecular formula is C16H24O2. The van der Waals surface area contributed by atoms with Crippen LogP contribution in [0.25, 0.3) is 0 Å².